The molecule has 1 unspecified atom stereocenters. The van der Waals surface area contributed by atoms with Crippen molar-refractivity contribution in [1.29, 1.82) is 0 Å². The summed E-state index contributed by atoms with van der Waals surface area (Å²) in [5.74, 6) is -0.694. The van der Waals surface area contributed by atoms with Crippen molar-refractivity contribution in [2.75, 3.05) is 6.54 Å². The first kappa shape index (κ1) is 20.2. The number of hydrogen-bond acceptors (Lipinski definition) is 3. The Balaban J connectivity index is 2.22. The van der Waals surface area contributed by atoms with Crippen molar-refractivity contribution in [1.82, 2.24) is 10.6 Å². The van der Waals surface area contributed by atoms with Gasteiger partial charge in [-0.15, -0.1) is 0 Å². The van der Waals surface area contributed by atoms with E-state index in [2.05, 4.69) is 16.7 Å². The molecule has 3 N–H and O–H groups in total. The maximum absolute atomic E-state index is 12.8. The van der Waals surface area contributed by atoms with Crippen LogP contribution in [0.1, 0.15) is 61.4 Å². The number of rotatable bonds is 3. The minimum absolute atomic E-state index is 0.237. The SMILES string of the molecule is CCNC(=O)C(O)[C@@H]1C/C=C\CCCCCCc2ccccc2C(=O)N1. The predicted octanol–water partition coefficient (Wildman–Crippen LogP) is 2.73. The number of benzene rings is 1. The highest BCUT2D eigenvalue weighted by atomic mass is 16.3. The van der Waals surface area contributed by atoms with Crippen LogP contribution < -0.4 is 10.6 Å². The molecule has 0 fully saturated rings. The second-order valence-corrected chi connectivity index (χ2v) is 6.74. The molecular weight excluding hydrogens is 328 g/mol. The molecule has 5 heteroatoms. The van der Waals surface area contributed by atoms with Gasteiger partial charge in [0.1, 0.15) is 0 Å². The minimum atomic E-state index is -1.27. The molecular formula is C21H30N2O3. The lowest BCUT2D eigenvalue weighted by Crippen LogP contribution is -2.50. The molecule has 5 nitrogen and oxygen atoms in total. The Morgan fingerprint density at radius 2 is 2.00 bits per heavy atom. The van der Waals surface area contributed by atoms with Gasteiger partial charge in [-0.05, 0) is 50.7 Å². The molecule has 1 aliphatic rings. The summed E-state index contributed by atoms with van der Waals surface area (Å²) in [6.45, 7) is 2.24. The molecule has 142 valence electrons. The number of aliphatic hydroxyl groups excluding tert-OH is 1. The lowest BCUT2D eigenvalue weighted by molar-refractivity contribution is -0.130. The van der Waals surface area contributed by atoms with Gasteiger partial charge in [-0.3, -0.25) is 9.59 Å². The van der Waals surface area contributed by atoms with Gasteiger partial charge in [-0.2, -0.15) is 0 Å². The summed E-state index contributed by atoms with van der Waals surface area (Å²) in [5.41, 5.74) is 1.64. The summed E-state index contributed by atoms with van der Waals surface area (Å²) in [6, 6.07) is 6.93. The van der Waals surface area contributed by atoms with Gasteiger partial charge in [0.2, 0.25) is 0 Å². The van der Waals surface area contributed by atoms with Gasteiger partial charge >= 0.3 is 0 Å². The predicted molar refractivity (Wildman–Crippen MR) is 103 cm³/mol. The highest BCUT2D eigenvalue weighted by Crippen LogP contribution is 2.16. The molecule has 0 spiro atoms. The quantitative estimate of drug-likeness (QED) is 0.727. The smallest absolute Gasteiger partial charge is 0.251 e. The Hall–Kier alpha value is -2.14. The molecule has 2 atom stereocenters. The summed E-state index contributed by atoms with van der Waals surface area (Å²) >= 11 is 0. The first-order valence-electron chi connectivity index (χ1n) is 9.63. The maximum atomic E-state index is 12.8. The number of aliphatic hydroxyl groups is 1. The Morgan fingerprint density at radius 3 is 2.81 bits per heavy atom. The van der Waals surface area contributed by atoms with Gasteiger partial charge < -0.3 is 15.7 Å². The van der Waals surface area contributed by atoms with Crippen LogP contribution in [0.4, 0.5) is 0 Å². The first-order chi connectivity index (χ1) is 12.6. The third-order valence-electron chi connectivity index (χ3n) is 4.70. The molecule has 0 aromatic heterocycles. The number of fused-ring (bicyclic) bond motifs is 1. The van der Waals surface area contributed by atoms with Crippen LogP contribution >= 0.6 is 0 Å². The van der Waals surface area contributed by atoms with E-state index in [9.17, 15) is 14.7 Å². The van der Waals surface area contributed by atoms with E-state index in [0.717, 1.165) is 37.7 Å². The van der Waals surface area contributed by atoms with Gasteiger partial charge in [0.25, 0.3) is 11.8 Å². The fourth-order valence-corrected chi connectivity index (χ4v) is 3.23. The van der Waals surface area contributed by atoms with Crippen LogP contribution in [0.3, 0.4) is 0 Å². The zero-order valence-corrected chi connectivity index (χ0v) is 15.5. The molecule has 0 saturated heterocycles. The van der Waals surface area contributed by atoms with Crippen molar-refractivity contribution in [3.05, 3.63) is 47.5 Å². The van der Waals surface area contributed by atoms with Crippen molar-refractivity contribution in [2.45, 2.75) is 64.0 Å². The third kappa shape index (κ3) is 5.99. The standard InChI is InChI=1S/C21H30N2O3/c1-2-22-21(26)19(24)18-15-9-7-5-3-4-6-8-12-16-13-10-11-14-17(16)20(25)23-18/h7,9-11,13-14,18-19,24H,2-6,8,12,15H2,1H3,(H,22,26)(H,23,25)/b9-7-/t18-,19?/m0/s1. The van der Waals surface area contributed by atoms with Gasteiger partial charge in [0, 0.05) is 12.1 Å². The molecule has 1 aliphatic heterocycles. The second-order valence-electron chi connectivity index (χ2n) is 6.74. The molecule has 1 aromatic rings. The van der Waals surface area contributed by atoms with E-state index in [1.165, 1.54) is 6.42 Å². The Morgan fingerprint density at radius 1 is 1.23 bits per heavy atom. The molecule has 26 heavy (non-hydrogen) atoms. The number of carbonyl (C=O) groups is 2. The third-order valence-corrected chi connectivity index (χ3v) is 4.70. The zero-order valence-electron chi connectivity index (χ0n) is 15.5. The zero-order chi connectivity index (χ0) is 18.8. The van der Waals surface area contributed by atoms with E-state index in [-0.39, 0.29) is 5.91 Å². The van der Waals surface area contributed by atoms with Gasteiger partial charge in [0.15, 0.2) is 6.10 Å². The molecule has 0 saturated carbocycles. The summed E-state index contributed by atoms with van der Waals surface area (Å²) in [5, 5.41) is 15.9. The van der Waals surface area contributed by atoms with Crippen LogP contribution in [-0.2, 0) is 11.2 Å². The lowest BCUT2D eigenvalue weighted by atomic mass is 9.98. The number of nitrogens with one attached hydrogen (secondary N) is 2. The fourth-order valence-electron chi connectivity index (χ4n) is 3.23. The fraction of sp³-hybridized carbons (Fsp3) is 0.524. The maximum Gasteiger partial charge on any atom is 0.251 e. The Kier molecular flexibility index (Phi) is 8.35. The summed E-state index contributed by atoms with van der Waals surface area (Å²) in [4.78, 5) is 24.8. The van der Waals surface area contributed by atoms with E-state index in [1.807, 2.05) is 30.3 Å². The molecule has 0 bridgehead atoms. The summed E-state index contributed by atoms with van der Waals surface area (Å²) in [6.07, 6.45) is 9.53. The average Bonchev–Trinajstić information content (AvgIpc) is 2.65. The van der Waals surface area contributed by atoms with Crippen molar-refractivity contribution >= 4 is 11.8 Å². The van der Waals surface area contributed by atoms with Crippen molar-refractivity contribution in [3.63, 3.8) is 0 Å². The second kappa shape index (κ2) is 10.8. The minimum Gasteiger partial charge on any atom is -0.381 e. The van der Waals surface area contributed by atoms with Crippen molar-refractivity contribution < 1.29 is 14.7 Å². The summed E-state index contributed by atoms with van der Waals surface area (Å²) in [7, 11) is 0. The monoisotopic (exact) mass is 358 g/mol. The molecule has 2 rings (SSSR count). The van der Waals surface area contributed by atoms with Crippen LogP contribution in [0, 0.1) is 0 Å². The van der Waals surface area contributed by atoms with Crippen LogP contribution in [0.15, 0.2) is 36.4 Å². The first-order valence-corrected chi connectivity index (χ1v) is 9.63. The number of hydrogen-bond donors (Lipinski definition) is 3. The van der Waals surface area contributed by atoms with Crippen LogP contribution in [0.25, 0.3) is 0 Å². The largest absolute Gasteiger partial charge is 0.381 e. The summed E-state index contributed by atoms with van der Waals surface area (Å²) < 4.78 is 0. The normalized spacial score (nSPS) is 21.6. The van der Waals surface area contributed by atoms with E-state index < -0.39 is 18.1 Å². The number of amides is 2. The molecule has 1 heterocycles. The Labute approximate surface area is 155 Å². The Bertz CT molecular complexity index is 627. The molecule has 0 radical (unpaired) electrons. The van der Waals surface area contributed by atoms with E-state index >= 15 is 0 Å². The van der Waals surface area contributed by atoms with Crippen molar-refractivity contribution in [2.24, 2.45) is 0 Å². The highest BCUT2D eigenvalue weighted by Gasteiger charge is 2.27. The topological polar surface area (TPSA) is 78.4 Å². The van der Waals surface area contributed by atoms with Crippen LogP contribution in [-0.4, -0.2) is 35.6 Å². The molecule has 0 aliphatic carbocycles. The van der Waals surface area contributed by atoms with E-state index in [0.29, 0.717) is 18.5 Å². The number of carbonyl (C=O) groups excluding carboxylic acids is 2. The van der Waals surface area contributed by atoms with Gasteiger partial charge in [-0.25, -0.2) is 0 Å². The average molecular weight is 358 g/mol. The molecule has 2 amide bonds. The molecule has 1 aromatic carbocycles. The van der Waals surface area contributed by atoms with E-state index in [1.54, 1.807) is 6.92 Å². The van der Waals surface area contributed by atoms with Gasteiger partial charge in [0.05, 0.1) is 6.04 Å². The number of likely N-dealkylation sites (N-methyl/N-ethyl adjacent to an activating group) is 1. The van der Waals surface area contributed by atoms with Crippen molar-refractivity contribution in [3.8, 4) is 0 Å². The number of allylic oxidation sites excluding steroid dienone is 1. The van der Waals surface area contributed by atoms with Gasteiger partial charge in [-0.1, -0.05) is 43.2 Å². The number of aryl methyl sites for hydroxylation is 1. The lowest BCUT2D eigenvalue weighted by Gasteiger charge is -2.23. The van der Waals surface area contributed by atoms with E-state index in [4.69, 9.17) is 0 Å². The van der Waals surface area contributed by atoms with Crippen LogP contribution in [0.5, 0.6) is 0 Å². The highest BCUT2D eigenvalue weighted by molar-refractivity contribution is 5.96. The van der Waals surface area contributed by atoms with Crippen LogP contribution in [0.2, 0.25) is 0 Å².